The molecule has 0 aromatic heterocycles. The van der Waals surface area contributed by atoms with E-state index in [9.17, 15) is 23.8 Å². The Balaban J connectivity index is 0. The molecule has 112 valence electrons. The summed E-state index contributed by atoms with van der Waals surface area (Å²) in [6, 6.07) is 0. The molecule has 0 aliphatic carbocycles. The molecule has 0 heterocycles. The molecule has 0 bridgehead atoms. The van der Waals surface area contributed by atoms with Crippen molar-refractivity contribution in [2.24, 2.45) is 0 Å². The average molecular weight is 305 g/mol. The minimum absolute atomic E-state index is 0.841. The van der Waals surface area contributed by atoms with Crippen molar-refractivity contribution >= 4 is 15.6 Å². The molecule has 0 rings (SSSR count). The lowest BCUT2D eigenvalue weighted by molar-refractivity contribution is -0.347. The number of phosphoric ester groups is 2. The van der Waals surface area contributed by atoms with Crippen molar-refractivity contribution in [3.63, 3.8) is 0 Å². The molecule has 0 spiro atoms. The van der Waals surface area contributed by atoms with Gasteiger partial charge in [-0.25, -0.2) is 0 Å². The Morgan fingerprint density at radius 3 is 1.11 bits per heavy atom. The van der Waals surface area contributed by atoms with Crippen LogP contribution in [0.2, 0.25) is 0 Å². The van der Waals surface area contributed by atoms with Crippen molar-refractivity contribution in [1.29, 1.82) is 0 Å². The SMILES string of the molecule is CC(C)(C)OP(=O)([O-])O.CC(C)(C)OP(=O)([O-])[O-]. The van der Waals surface area contributed by atoms with E-state index in [1.165, 1.54) is 41.5 Å². The van der Waals surface area contributed by atoms with Crippen LogP contribution in [0.3, 0.4) is 0 Å². The highest BCUT2D eigenvalue weighted by Gasteiger charge is 2.16. The van der Waals surface area contributed by atoms with E-state index in [2.05, 4.69) is 9.05 Å². The van der Waals surface area contributed by atoms with E-state index < -0.39 is 26.8 Å². The maximum absolute atomic E-state index is 10.0. The molecule has 0 saturated heterocycles. The van der Waals surface area contributed by atoms with Gasteiger partial charge in [-0.3, -0.25) is 4.57 Å². The second-order valence-corrected chi connectivity index (χ2v) is 7.52. The van der Waals surface area contributed by atoms with Gasteiger partial charge in [0.05, 0.1) is 19.0 Å². The van der Waals surface area contributed by atoms with E-state index in [-0.39, 0.29) is 0 Å². The number of phosphoric acid groups is 2. The van der Waals surface area contributed by atoms with Gasteiger partial charge in [-0.15, -0.1) is 0 Å². The first kappa shape index (κ1) is 20.5. The van der Waals surface area contributed by atoms with Crippen molar-refractivity contribution in [1.82, 2.24) is 0 Å². The van der Waals surface area contributed by atoms with Crippen LogP contribution in [0, 0.1) is 0 Å². The van der Waals surface area contributed by atoms with Crippen molar-refractivity contribution in [3.8, 4) is 0 Å². The molecule has 0 aromatic rings. The van der Waals surface area contributed by atoms with Crippen LogP contribution in [0.25, 0.3) is 0 Å². The summed E-state index contributed by atoms with van der Waals surface area (Å²) in [4.78, 5) is 37.9. The highest BCUT2D eigenvalue weighted by Crippen LogP contribution is 2.36. The summed E-state index contributed by atoms with van der Waals surface area (Å²) in [5.74, 6) is 0. The zero-order chi connectivity index (χ0) is 15.4. The molecule has 1 unspecified atom stereocenters. The topological polar surface area (TPSA) is 142 Å². The number of rotatable bonds is 2. The summed E-state index contributed by atoms with van der Waals surface area (Å²) in [5.41, 5.74) is -1.74. The third-order valence-electron chi connectivity index (χ3n) is 0.775. The minimum Gasteiger partial charge on any atom is -0.790 e. The predicted octanol–water partition coefficient (Wildman–Crippen LogP) is -0.108. The fourth-order valence-electron chi connectivity index (χ4n) is 0.681. The van der Waals surface area contributed by atoms with E-state index in [0.29, 0.717) is 0 Å². The van der Waals surface area contributed by atoms with Crippen LogP contribution in [-0.4, -0.2) is 16.1 Å². The molecule has 0 radical (unpaired) electrons. The summed E-state index contributed by atoms with van der Waals surface area (Å²) in [5, 5.41) is 0. The van der Waals surface area contributed by atoms with Gasteiger partial charge >= 0.3 is 0 Å². The van der Waals surface area contributed by atoms with Crippen LogP contribution in [0.4, 0.5) is 0 Å². The van der Waals surface area contributed by atoms with Crippen molar-refractivity contribution < 1.29 is 37.8 Å². The molecule has 8 nitrogen and oxygen atoms in total. The van der Waals surface area contributed by atoms with Gasteiger partial charge in [0.15, 0.2) is 0 Å². The summed E-state index contributed by atoms with van der Waals surface area (Å²) < 4.78 is 28.2. The van der Waals surface area contributed by atoms with Crippen molar-refractivity contribution in [2.45, 2.75) is 52.7 Å². The standard InChI is InChI=1S/2C4H11O4P/c2*1-4(2,3)8-9(5,6)7/h2*1-3H3,(H2,5,6,7)/p-3. The first-order chi connectivity index (χ1) is 7.41. The summed E-state index contributed by atoms with van der Waals surface area (Å²) in [6.45, 7) is 9.09. The molecule has 0 saturated carbocycles. The maximum atomic E-state index is 10.0. The van der Waals surface area contributed by atoms with Gasteiger partial charge in [0.2, 0.25) is 0 Å². The normalized spacial score (nSPS) is 16.6. The summed E-state index contributed by atoms with van der Waals surface area (Å²) in [6.07, 6.45) is 0. The van der Waals surface area contributed by atoms with Crippen LogP contribution in [0.5, 0.6) is 0 Å². The lowest BCUT2D eigenvalue weighted by Gasteiger charge is -2.35. The second kappa shape index (κ2) is 6.59. The van der Waals surface area contributed by atoms with Crippen LogP contribution in [0.15, 0.2) is 0 Å². The lowest BCUT2D eigenvalue weighted by Crippen LogP contribution is -2.26. The largest absolute Gasteiger partial charge is 0.790 e. The predicted molar refractivity (Wildman–Crippen MR) is 59.1 cm³/mol. The molecule has 0 aliphatic rings. The van der Waals surface area contributed by atoms with E-state index in [0.717, 1.165) is 0 Å². The third kappa shape index (κ3) is 25.2. The Hall–Kier alpha value is 0.220. The Morgan fingerprint density at radius 1 is 0.833 bits per heavy atom. The fraction of sp³-hybridized carbons (Fsp3) is 1.00. The lowest BCUT2D eigenvalue weighted by atomic mass is 10.2. The third-order valence-corrected chi connectivity index (χ3v) is 2.32. The average Bonchev–Trinajstić information content (AvgIpc) is 1.64. The zero-order valence-electron chi connectivity index (χ0n) is 11.2. The van der Waals surface area contributed by atoms with Gasteiger partial charge in [0, 0.05) is 0 Å². The molecule has 18 heavy (non-hydrogen) atoms. The molecular formula is C8H19O8P2-3. The van der Waals surface area contributed by atoms with Gasteiger partial charge in [-0.2, -0.15) is 0 Å². The van der Waals surface area contributed by atoms with Gasteiger partial charge in [0.1, 0.15) is 0 Å². The van der Waals surface area contributed by atoms with Gasteiger partial charge in [0.25, 0.3) is 7.82 Å². The molecule has 1 atom stereocenters. The number of hydrogen-bond acceptors (Lipinski definition) is 7. The first-order valence-electron chi connectivity index (χ1n) is 4.89. The molecule has 0 aromatic carbocycles. The number of hydrogen-bond donors (Lipinski definition) is 1. The van der Waals surface area contributed by atoms with Crippen LogP contribution < -0.4 is 14.7 Å². The van der Waals surface area contributed by atoms with Crippen LogP contribution in [0.1, 0.15) is 41.5 Å². The molecule has 0 amide bonds. The van der Waals surface area contributed by atoms with Gasteiger partial charge in [-0.05, 0) is 41.5 Å². The maximum Gasteiger partial charge on any atom is 0.265 e. The van der Waals surface area contributed by atoms with Crippen LogP contribution >= 0.6 is 15.6 Å². The van der Waals surface area contributed by atoms with E-state index in [1.807, 2.05) is 0 Å². The minimum atomic E-state index is -4.79. The second-order valence-electron chi connectivity index (χ2n) is 5.32. The Morgan fingerprint density at radius 2 is 1.11 bits per heavy atom. The van der Waals surface area contributed by atoms with Crippen LogP contribution in [-0.2, 0) is 18.2 Å². The van der Waals surface area contributed by atoms with E-state index >= 15 is 0 Å². The quantitative estimate of drug-likeness (QED) is 0.696. The molecular weight excluding hydrogens is 286 g/mol. The molecule has 1 N–H and O–H groups in total. The Bertz CT molecular complexity index is 294. The summed E-state index contributed by atoms with van der Waals surface area (Å²) >= 11 is 0. The van der Waals surface area contributed by atoms with Gasteiger partial charge in [-0.1, -0.05) is 0 Å². The smallest absolute Gasteiger partial charge is 0.265 e. The van der Waals surface area contributed by atoms with E-state index in [4.69, 9.17) is 4.89 Å². The monoisotopic (exact) mass is 305 g/mol. The highest BCUT2D eigenvalue weighted by atomic mass is 31.2. The van der Waals surface area contributed by atoms with Gasteiger partial charge < -0.3 is 33.2 Å². The highest BCUT2D eigenvalue weighted by molar-refractivity contribution is 7.44. The Labute approximate surface area is 107 Å². The Kier molecular flexibility index (Phi) is 7.52. The molecule has 10 heteroatoms. The molecule has 0 fully saturated rings. The van der Waals surface area contributed by atoms with Crippen molar-refractivity contribution in [2.75, 3.05) is 0 Å². The first-order valence-corrected chi connectivity index (χ1v) is 7.84. The van der Waals surface area contributed by atoms with E-state index in [1.54, 1.807) is 0 Å². The fourth-order valence-corrected chi connectivity index (χ4v) is 2.04. The summed E-state index contributed by atoms with van der Waals surface area (Å²) in [7, 11) is -9.32. The van der Waals surface area contributed by atoms with Crippen molar-refractivity contribution in [3.05, 3.63) is 0 Å². The zero-order valence-corrected chi connectivity index (χ0v) is 13.0. The molecule has 0 aliphatic heterocycles.